The first-order valence-corrected chi connectivity index (χ1v) is 10.3. The summed E-state index contributed by atoms with van der Waals surface area (Å²) < 4.78 is 77.3. The van der Waals surface area contributed by atoms with Crippen molar-refractivity contribution >= 4 is 18.0 Å². The summed E-state index contributed by atoms with van der Waals surface area (Å²) in [5.41, 5.74) is 0.277. The van der Waals surface area contributed by atoms with Gasteiger partial charge in [0.05, 0.1) is 23.2 Å². The molecular formula is C23H17F5O3S. The van der Waals surface area contributed by atoms with E-state index in [0.717, 1.165) is 29.8 Å². The molecule has 3 nitrogen and oxygen atoms in total. The van der Waals surface area contributed by atoms with Gasteiger partial charge in [0.25, 0.3) is 0 Å². The zero-order chi connectivity index (χ0) is 23.3. The molecule has 3 aromatic carbocycles. The van der Waals surface area contributed by atoms with Gasteiger partial charge >= 0.3 is 5.97 Å². The molecule has 0 N–H and O–H groups in total. The van der Waals surface area contributed by atoms with Gasteiger partial charge in [0.2, 0.25) is 5.82 Å². The molecule has 0 fully saturated rings. The van der Waals surface area contributed by atoms with E-state index in [0.29, 0.717) is 0 Å². The van der Waals surface area contributed by atoms with Gasteiger partial charge in [-0.25, -0.2) is 26.7 Å². The van der Waals surface area contributed by atoms with Crippen LogP contribution in [0, 0.1) is 29.1 Å². The van der Waals surface area contributed by atoms with Crippen LogP contribution < -0.4 is 4.74 Å². The SMILES string of the molecule is CCCc1ccc(SOC(=O)c2ccc(OCc3c(F)c(F)c(F)c(F)c3F)cc2)cc1. The lowest BCUT2D eigenvalue weighted by atomic mass is 10.1. The summed E-state index contributed by atoms with van der Waals surface area (Å²) in [5.74, 6) is -10.8. The summed E-state index contributed by atoms with van der Waals surface area (Å²) in [7, 11) is 0. The van der Waals surface area contributed by atoms with E-state index in [2.05, 4.69) is 6.92 Å². The van der Waals surface area contributed by atoms with E-state index < -0.39 is 47.2 Å². The van der Waals surface area contributed by atoms with Gasteiger partial charge < -0.3 is 8.92 Å². The molecule has 0 saturated heterocycles. The van der Waals surface area contributed by atoms with Gasteiger partial charge in [0.1, 0.15) is 12.4 Å². The molecule has 3 aromatic rings. The monoisotopic (exact) mass is 468 g/mol. The Bertz CT molecular complexity index is 1070. The van der Waals surface area contributed by atoms with E-state index in [4.69, 9.17) is 8.92 Å². The van der Waals surface area contributed by atoms with Crippen molar-refractivity contribution in [3.8, 4) is 5.75 Å². The second-order valence-electron chi connectivity index (χ2n) is 6.71. The molecule has 0 radical (unpaired) electrons. The van der Waals surface area contributed by atoms with Gasteiger partial charge in [-0.05, 0) is 48.4 Å². The van der Waals surface area contributed by atoms with Crippen molar-refractivity contribution < 1.29 is 35.7 Å². The van der Waals surface area contributed by atoms with Crippen LogP contribution in [-0.2, 0) is 17.2 Å². The molecule has 168 valence electrons. The van der Waals surface area contributed by atoms with Crippen LogP contribution in [-0.4, -0.2) is 5.97 Å². The Kier molecular flexibility index (Phi) is 7.74. The molecule has 0 unspecified atom stereocenters. The van der Waals surface area contributed by atoms with Crippen molar-refractivity contribution in [1.82, 2.24) is 0 Å². The maximum Gasteiger partial charge on any atom is 0.350 e. The number of aryl methyl sites for hydroxylation is 1. The highest BCUT2D eigenvalue weighted by Gasteiger charge is 2.26. The summed E-state index contributed by atoms with van der Waals surface area (Å²) in [6.45, 7) is 1.19. The van der Waals surface area contributed by atoms with Crippen LogP contribution in [0.25, 0.3) is 0 Å². The molecule has 0 aliphatic carbocycles. The quantitative estimate of drug-likeness (QED) is 0.158. The lowest BCUT2D eigenvalue weighted by molar-refractivity contribution is 0.0768. The fourth-order valence-electron chi connectivity index (χ4n) is 2.75. The molecule has 3 rings (SSSR count). The number of hydrogen-bond donors (Lipinski definition) is 0. The minimum absolute atomic E-state index is 0.0599. The Balaban J connectivity index is 1.59. The molecule has 0 spiro atoms. The molecule has 0 amide bonds. The lowest BCUT2D eigenvalue weighted by Gasteiger charge is -2.10. The fourth-order valence-corrected chi connectivity index (χ4v) is 3.27. The Morgan fingerprint density at radius 1 is 0.812 bits per heavy atom. The minimum atomic E-state index is -2.23. The molecule has 0 aromatic heterocycles. The summed E-state index contributed by atoms with van der Waals surface area (Å²) in [6, 6.07) is 12.9. The Morgan fingerprint density at radius 3 is 1.94 bits per heavy atom. The predicted molar refractivity (Wildman–Crippen MR) is 109 cm³/mol. The van der Waals surface area contributed by atoms with Gasteiger partial charge in [0, 0.05) is 4.90 Å². The molecule has 0 atom stereocenters. The van der Waals surface area contributed by atoms with Gasteiger partial charge in [-0.1, -0.05) is 25.5 Å². The van der Waals surface area contributed by atoms with Crippen molar-refractivity contribution in [2.75, 3.05) is 0 Å². The Hall–Kier alpha value is -3.07. The van der Waals surface area contributed by atoms with Crippen molar-refractivity contribution in [3.63, 3.8) is 0 Å². The van der Waals surface area contributed by atoms with Crippen molar-refractivity contribution in [2.24, 2.45) is 0 Å². The smallest absolute Gasteiger partial charge is 0.350 e. The van der Waals surface area contributed by atoms with Crippen LogP contribution >= 0.6 is 12.0 Å². The third kappa shape index (κ3) is 5.40. The second-order valence-corrected chi connectivity index (χ2v) is 7.51. The van der Waals surface area contributed by atoms with Crippen LogP contribution in [0.4, 0.5) is 22.0 Å². The van der Waals surface area contributed by atoms with Gasteiger partial charge in [0.15, 0.2) is 23.3 Å². The number of halogens is 5. The molecule has 9 heteroatoms. The van der Waals surface area contributed by atoms with Crippen molar-refractivity contribution in [3.05, 3.63) is 94.3 Å². The first kappa shape index (κ1) is 23.6. The topological polar surface area (TPSA) is 35.5 Å². The van der Waals surface area contributed by atoms with Gasteiger partial charge in [-0.15, -0.1) is 0 Å². The summed E-state index contributed by atoms with van der Waals surface area (Å²) in [6.07, 6.45) is 1.99. The molecule has 0 heterocycles. The lowest BCUT2D eigenvalue weighted by Crippen LogP contribution is -2.10. The van der Waals surface area contributed by atoms with Crippen LogP contribution in [0.3, 0.4) is 0 Å². The van der Waals surface area contributed by atoms with Crippen molar-refractivity contribution in [1.29, 1.82) is 0 Å². The fraction of sp³-hybridized carbons (Fsp3) is 0.174. The van der Waals surface area contributed by atoms with Crippen LogP contribution in [0.5, 0.6) is 5.75 Å². The normalized spacial score (nSPS) is 10.8. The van der Waals surface area contributed by atoms with Crippen molar-refractivity contribution in [2.45, 2.75) is 31.3 Å². The molecule has 0 bridgehead atoms. The average Bonchev–Trinajstić information content (AvgIpc) is 2.81. The third-order valence-corrected chi connectivity index (χ3v) is 5.15. The maximum atomic E-state index is 13.7. The third-order valence-electron chi connectivity index (χ3n) is 4.45. The molecule has 32 heavy (non-hydrogen) atoms. The summed E-state index contributed by atoms with van der Waals surface area (Å²) >= 11 is 0.903. The summed E-state index contributed by atoms with van der Waals surface area (Å²) in [4.78, 5) is 12.9. The minimum Gasteiger partial charge on any atom is -0.489 e. The highest BCUT2D eigenvalue weighted by atomic mass is 32.2. The van der Waals surface area contributed by atoms with Crippen LogP contribution in [0.1, 0.15) is 34.8 Å². The van der Waals surface area contributed by atoms with E-state index in [1.807, 2.05) is 24.3 Å². The number of benzene rings is 3. The standard InChI is InChI=1S/C23H17F5O3S/c1-2-3-13-4-10-16(11-5-13)32-31-23(29)14-6-8-15(9-7-14)30-12-17-18(24)20(26)22(28)21(27)19(17)25/h4-11H,2-3,12H2,1H3. The number of rotatable bonds is 8. The van der Waals surface area contributed by atoms with Gasteiger partial charge in [-0.2, -0.15) is 0 Å². The van der Waals surface area contributed by atoms with E-state index >= 15 is 0 Å². The summed E-state index contributed by atoms with van der Waals surface area (Å²) in [5, 5.41) is 0. The van der Waals surface area contributed by atoms with E-state index in [-0.39, 0.29) is 11.3 Å². The predicted octanol–water partition coefficient (Wildman–Crippen LogP) is 6.78. The maximum absolute atomic E-state index is 13.7. The molecule has 0 aliphatic heterocycles. The average molecular weight is 468 g/mol. The van der Waals surface area contributed by atoms with Crippen LogP contribution in [0.2, 0.25) is 0 Å². The Morgan fingerprint density at radius 2 is 1.38 bits per heavy atom. The van der Waals surface area contributed by atoms with E-state index in [1.165, 1.54) is 29.8 Å². The molecule has 0 saturated carbocycles. The van der Waals surface area contributed by atoms with Gasteiger partial charge in [-0.3, -0.25) is 0 Å². The van der Waals surface area contributed by atoms with E-state index in [9.17, 15) is 26.7 Å². The Labute approximate surface area is 185 Å². The number of carbonyl (C=O) groups excluding carboxylic acids is 1. The van der Waals surface area contributed by atoms with E-state index in [1.54, 1.807) is 0 Å². The molecule has 0 aliphatic rings. The molecular weight excluding hydrogens is 451 g/mol. The number of hydrogen-bond acceptors (Lipinski definition) is 4. The largest absolute Gasteiger partial charge is 0.489 e. The zero-order valence-electron chi connectivity index (χ0n) is 16.8. The zero-order valence-corrected chi connectivity index (χ0v) is 17.6. The van der Waals surface area contributed by atoms with Crippen LogP contribution in [0.15, 0.2) is 53.4 Å². The highest BCUT2D eigenvalue weighted by molar-refractivity contribution is 7.95. The highest BCUT2D eigenvalue weighted by Crippen LogP contribution is 2.25. The first-order chi connectivity index (χ1) is 15.3. The first-order valence-electron chi connectivity index (χ1n) is 9.52. The number of ether oxygens (including phenoxy) is 1. The second kappa shape index (κ2) is 10.5. The number of carbonyl (C=O) groups is 1.